The molecule has 0 heterocycles. The summed E-state index contributed by atoms with van der Waals surface area (Å²) in [6, 6.07) is 27.2. The number of alkyl halides is 3. The van der Waals surface area contributed by atoms with Gasteiger partial charge in [-0.15, -0.1) is 11.8 Å². The van der Waals surface area contributed by atoms with Gasteiger partial charge in [0, 0.05) is 21.8 Å². The Kier molecular flexibility index (Phi) is 9.82. The van der Waals surface area contributed by atoms with Crippen LogP contribution in [0.25, 0.3) is 6.08 Å². The van der Waals surface area contributed by atoms with Crippen LogP contribution in [0.15, 0.2) is 114 Å². The van der Waals surface area contributed by atoms with Crippen LogP contribution in [0.2, 0.25) is 0 Å². The lowest BCUT2D eigenvalue weighted by molar-refractivity contribution is -0.137. The number of amides is 3. The number of hydrogen-bond acceptors (Lipinski definition) is 4. The van der Waals surface area contributed by atoms with Crippen LogP contribution in [-0.4, -0.2) is 23.5 Å². The lowest BCUT2D eigenvalue weighted by Crippen LogP contribution is -2.30. The number of carbonyl (C=O) groups is 3. The number of carbonyl (C=O) groups excluding carboxylic acids is 3. The van der Waals surface area contributed by atoms with Crippen molar-refractivity contribution < 1.29 is 27.6 Å². The first-order valence-electron chi connectivity index (χ1n) is 12.7. The van der Waals surface area contributed by atoms with Gasteiger partial charge in [0.05, 0.1) is 11.3 Å². The van der Waals surface area contributed by atoms with E-state index in [2.05, 4.69) is 16.0 Å². The molecule has 0 aliphatic carbocycles. The fourth-order valence-corrected chi connectivity index (χ4v) is 4.52. The lowest BCUT2D eigenvalue weighted by atomic mass is 10.1. The summed E-state index contributed by atoms with van der Waals surface area (Å²) in [5, 5.41) is 7.94. The van der Waals surface area contributed by atoms with Crippen molar-refractivity contribution in [1.82, 2.24) is 5.32 Å². The van der Waals surface area contributed by atoms with Crippen LogP contribution in [0.1, 0.15) is 27.0 Å². The van der Waals surface area contributed by atoms with Gasteiger partial charge < -0.3 is 16.0 Å². The van der Waals surface area contributed by atoms with E-state index in [0.29, 0.717) is 16.1 Å². The fraction of sp³-hybridized carbons (Fsp3) is 0.0938. The van der Waals surface area contributed by atoms with Crippen molar-refractivity contribution in [3.05, 3.63) is 131 Å². The molecule has 4 aromatic carbocycles. The molecule has 0 aliphatic heterocycles. The number of hydrogen-bond donors (Lipinski definition) is 3. The van der Waals surface area contributed by atoms with Gasteiger partial charge in [-0.05, 0) is 73.2 Å². The predicted octanol–water partition coefficient (Wildman–Crippen LogP) is 7.15. The summed E-state index contributed by atoms with van der Waals surface area (Å²) in [5.74, 6) is -1.45. The molecule has 42 heavy (non-hydrogen) atoms. The van der Waals surface area contributed by atoms with Crippen LogP contribution in [0, 0.1) is 6.92 Å². The zero-order chi connectivity index (χ0) is 30.1. The molecule has 0 fully saturated rings. The standard InChI is InChI=1S/C32H26F3N3O3S/c1-21-7-5-8-22(17-21)18-28(38-30(40)23-9-3-2-4-10-23)31(41)37-25-13-15-27(16-14-25)42-20-29(39)36-26-12-6-11-24(19-26)32(33,34)35/h2-19H,20H2,1H3,(H,36,39)(H,37,41)(H,38,40)/b28-18-. The minimum atomic E-state index is -4.50. The SMILES string of the molecule is Cc1cccc(/C=C(\NC(=O)c2ccccc2)C(=O)Nc2ccc(SCC(=O)Nc3cccc(C(F)(F)F)c3)cc2)c1. The Labute approximate surface area is 245 Å². The van der Waals surface area contributed by atoms with Gasteiger partial charge in [-0.2, -0.15) is 13.2 Å². The van der Waals surface area contributed by atoms with Crippen LogP contribution in [0.3, 0.4) is 0 Å². The molecule has 0 saturated heterocycles. The first kappa shape index (κ1) is 30.1. The molecular formula is C32H26F3N3O3S. The van der Waals surface area contributed by atoms with E-state index in [4.69, 9.17) is 0 Å². The zero-order valence-corrected chi connectivity index (χ0v) is 23.2. The average Bonchev–Trinajstić information content (AvgIpc) is 2.96. The summed E-state index contributed by atoms with van der Waals surface area (Å²) >= 11 is 1.19. The van der Waals surface area contributed by atoms with Crippen LogP contribution in [-0.2, 0) is 15.8 Å². The Hall–Kier alpha value is -4.83. The first-order chi connectivity index (χ1) is 20.1. The number of thioether (sulfide) groups is 1. The maximum atomic E-state index is 13.2. The van der Waals surface area contributed by atoms with E-state index < -0.39 is 29.5 Å². The van der Waals surface area contributed by atoms with Gasteiger partial charge in [-0.3, -0.25) is 14.4 Å². The summed E-state index contributed by atoms with van der Waals surface area (Å²) in [4.78, 5) is 39.0. The maximum absolute atomic E-state index is 13.2. The highest BCUT2D eigenvalue weighted by Gasteiger charge is 2.30. The molecule has 3 N–H and O–H groups in total. The third kappa shape index (κ3) is 8.84. The second-order valence-corrected chi connectivity index (χ2v) is 10.2. The largest absolute Gasteiger partial charge is 0.416 e. The number of halogens is 3. The molecule has 0 aromatic heterocycles. The van der Waals surface area contributed by atoms with Gasteiger partial charge in [0.25, 0.3) is 11.8 Å². The second-order valence-electron chi connectivity index (χ2n) is 9.19. The van der Waals surface area contributed by atoms with Crippen molar-refractivity contribution in [3.63, 3.8) is 0 Å². The van der Waals surface area contributed by atoms with Crippen LogP contribution >= 0.6 is 11.8 Å². The van der Waals surface area contributed by atoms with Crippen molar-refractivity contribution in [2.45, 2.75) is 18.0 Å². The van der Waals surface area contributed by atoms with Gasteiger partial charge in [-0.25, -0.2) is 0 Å². The van der Waals surface area contributed by atoms with E-state index in [0.717, 1.165) is 23.3 Å². The third-order valence-corrected chi connectivity index (χ3v) is 6.85. The van der Waals surface area contributed by atoms with E-state index in [1.54, 1.807) is 60.7 Å². The van der Waals surface area contributed by atoms with Crippen molar-refractivity contribution >= 4 is 46.9 Å². The smallest absolute Gasteiger partial charge is 0.325 e. The van der Waals surface area contributed by atoms with Crippen LogP contribution in [0.5, 0.6) is 0 Å². The summed E-state index contributed by atoms with van der Waals surface area (Å²) in [6.07, 6.45) is -2.91. The molecule has 0 saturated carbocycles. The minimum Gasteiger partial charge on any atom is -0.325 e. The number of rotatable bonds is 9. The molecule has 0 spiro atoms. The topological polar surface area (TPSA) is 87.3 Å². The Bertz CT molecular complexity index is 1600. The highest BCUT2D eigenvalue weighted by Crippen LogP contribution is 2.31. The average molecular weight is 590 g/mol. The van der Waals surface area contributed by atoms with E-state index in [-0.39, 0.29) is 17.1 Å². The summed E-state index contributed by atoms with van der Waals surface area (Å²) < 4.78 is 38.7. The Morgan fingerprint density at radius 3 is 2.19 bits per heavy atom. The predicted molar refractivity (Wildman–Crippen MR) is 159 cm³/mol. The zero-order valence-electron chi connectivity index (χ0n) is 22.4. The molecule has 0 aliphatic rings. The van der Waals surface area contributed by atoms with Gasteiger partial charge in [0.1, 0.15) is 5.70 Å². The molecule has 0 unspecified atom stereocenters. The second kappa shape index (κ2) is 13.7. The number of aryl methyl sites for hydroxylation is 1. The monoisotopic (exact) mass is 589 g/mol. The summed E-state index contributed by atoms with van der Waals surface area (Å²) in [6.45, 7) is 1.92. The molecule has 4 rings (SSSR count). The quantitative estimate of drug-likeness (QED) is 0.143. The molecule has 10 heteroatoms. The lowest BCUT2D eigenvalue weighted by Gasteiger charge is -2.12. The van der Waals surface area contributed by atoms with Crippen LogP contribution < -0.4 is 16.0 Å². The van der Waals surface area contributed by atoms with Crippen LogP contribution in [0.4, 0.5) is 24.5 Å². The van der Waals surface area contributed by atoms with Crippen molar-refractivity contribution in [2.24, 2.45) is 0 Å². The van der Waals surface area contributed by atoms with E-state index in [1.807, 2.05) is 31.2 Å². The maximum Gasteiger partial charge on any atom is 0.416 e. The molecule has 214 valence electrons. The first-order valence-corrected chi connectivity index (χ1v) is 13.7. The van der Waals surface area contributed by atoms with Gasteiger partial charge in [0.15, 0.2) is 0 Å². The van der Waals surface area contributed by atoms with Gasteiger partial charge in [-0.1, -0.05) is 54.1 Å². The fourth-order valence-electron chi connectivity index (χ4n) is 3.82. The summed E-state index contributed by atoms with van der Waals surface area (Å²) in [7, 11) is 0. The van der Waals surface area contributed by atoms with Gasteiger partial charge >= 0.3 is 6.18 Å². The number of benzene rings is 4. The highest BCUT2D eigenvalue weighted by molar-refractivity contribution is 8.00. The number of anilines is 2. The third-order valence-electron chi connectivity index (χ3n) is 5.84. The van der Waals surface area contributed by atoms with E-state index in [1.165, 1.54) is 23.9 Å². The van der Waals surface area contributed by atoms with Gasteiger partial charge in [0.2, 0.25) is 5.91 Å². The molecule has 0 bridgehead atoms. The Balaban J connectivity index is 1.39. The highest BCUT2D eigenvalue weighted by atomic mass is 32.2. The number of nitrogens with one attached hydrogen (secondary N) is 3. The molecule has 4 aromatic rings. The van der Waals surface area contributed by atoms with E-state index in [9.17, 15) is 27.6 Å². The Morgan fingerprint density at radius 2 is 1.50 bits per heavy atom. The molecular weight excluding hydrogens is 563 g/mol. The normalized spacial score (nSPS) is 11.5. The Morgan fingerprint density at radius 1 is 0.786 bits per heavy atom. The van der Waals surface area contributed by atoms with Crippen molar-refractivity contribution in [3.8, 4) is 0 Å². The molecule has 6 nitrogen and oxygen atoms in total. The van der Waals surface area contributed by atoms with Crippen molar-refractivity contribution in [2.75, 3.05) is 16.4 Å². The summed E-state index contributed by atoms with van der Waals surface area (Å²) in [5.41, 5.74) is 1.86. The molecule has 3 amide bonds. The molecule has 0 radical (unpaired) electrons. The minimum absolute atomic E-state index is 0.0309. The van der Waals surface area contributed by atoms with Crippen molar-refractivity contribution in [1.29, 1.82) is 0 Å². The molecule has 0 atom stereocenters. The van der Waals surface area contributed by atoms with E-state index >= 15 is 0 Å².